The molecule has 0 spiro atoms. The van der Waals surface area contributed by atoms with Gasteiger partial charge >= 0.3 is 0 Å². The molecule has 6 rings (SSSR count). The highest BCUT2D eigenvalue weighted by molar-refractivity contribution is 9.10. The summed E-state index contributed by atoms with van der Waals surface area (Å²) in [5.74, 6) is 0. The van der Waals surface area contributed by atoms with Gasteiger partial charge in [0.2, 0.25) is 0 Å². The second-order valence-corrected chi connectivity index (χ2v) is 8.81. The van der Waals surface area contributed by atoms with Crippen LogP contribution in [0.4, 0.5) is 11.4 Å². The van der Waals surface area contributed by atoms with Gasteiger partial charge in [-0.1, -0.05) is 84.9 Å². The van der Waals surface area contributed by atoms with Crippen molar-refractivity contribution in [3.8, 4) is 22.3 Å². The molecule has 1 N–H and O–H groups in total. The van der Waals surface area contributed by atoms with E-state index in [9.17, 15) is 0 Å². The molecule has 0 fully saturated rings. The van der Waals surface area contributed by atoms with E-state index in [0.717, 1.165) is 54.5 Å². The van der Waals surface area contributed by atoms with Crippen LogP contribution in [0.5, 0.6) is 0 Å². The molecule has 6 aromatic rings. The minimum Gasteiger partial charge on any atom is -0.456 e. The Kier molecular flexibility index (Phi) is 4.97. The van der Waals surface area contributed by atoms with Gasteiger partial charge in [-0.2, -0.15) is 0 Å². The van der Waals surface area contributed by atoms with Gasteiger partial charge in [0, 0.05) is 32.7 Å². The Labute approximate surface area is 200 Å². The average molecular weight is 490 g/mol. The molecule has 158 valence electrons. The molecule has 2 nitrogen and oxygen atoms in total. The molecule has 3 heteroatoms. The zero-order valence-corrected chi connectivity index (χ0v) is 19.3. The number of furan rings is 1. The molecule has 1 heterocycles. The first-order valence-electron chi connectivity index (χ1n) is 10.9. The van der Waals surface area contributed by atoms with Crippen molar-refractivity contribution in [3.05, 3.63) is 120 Å². The largest absolute Gasteiger partial charge is 0.456 e. The quantitative estimate of drug-likeness (QED) is 0.266. The Bertz CT molecular complexity index is 1590. The van der Waals surface area contributed by atoms with E-state index in [0.29, 0.717) is 0 Å². The number of benzene rings is 5. The molecular weight excluding hydrogens is 470 g/mol. The van der Waals surface area contributed by atoms with Gasteiger partial charge in [0.05, 0.1) is 0 Å². The number of hydrogen-bond acceptors (Lipinski definition) is 2. The molecule has 0 unspecified atom stereocenters. The van der Waals surface area contributed by atoms with Crippen LogP contribution in [0.3, 0.4) is 0 Å². The minimum absolute atomic E-state index is 0.865. The van der Waals surface area contributed by atoms with E-state index >= 15 is 0 Å². The zero-order chi connectivity index (χ0) is 22.2. The van der Waals surface area contributed by atoms with Gasteiger partial charge in [0.15, 0.2) is 0 Å². The number of rotatable bonds is 4. The standard InChI is InChI=1S/C30H20BrNO/c31-30-23(20-10-3-1-4-11-20)15-9-16-24(30)26-18-22(32-21-12-5-2-6-13-21)19-28-29(26)25-14-7-8-17-27(25)33-28/h1-19,32H. The normalized spacial score (nSPS) is 11.2. The van der Waals surface area contributed by atoms with Crippen molar-refractivity contribution in [2.45, 2.75) is 0 Å². The van der Waals surface area contributed by atoms with Crippen molar-refractivity contribution in [1.82, 2.24) is 0 Å². The van der Waals surface area contributed by atoms with Crippen LogP contribution < -0.4 is 5.32 Å². The number of anilines is 2. The SMILES string of the molecule is Brc1c(-c2ccccc2)cccc1-c1cc(Nc2ccccc2)cc2oc3ccccc3c12. The maximum atomic E-state index is 6.29. The monoisotopic (exact) mass is 489 g/mol. The third-order valence-corrected chi connectivity index (χ3v) is 6.77. The summed E-state index contributed by atoms with van der Waals surface area (Å²) in [5, 5.41) is 5.78. The van der Waals surface area contributed by atoms with E-state index < -0.39 is 0 Å². The number of halogens is 1. The van der Waals surface area contributed by atoms with Crippen LogP contribution in [-0.4, -0.2) is 0 Å². The molecule has 0 bridgehead atoms. The fourth-order valence-electron chi connectivity index (χ4n) is 4.41. The fourth-order valence-corrected chi connectivity index (χ4v) is 5.11. The topological polar surface area (TPSA) is 25.2 Å². The van der Waals surface area contributed by atoms with E-state index in [2.05, 4.69) is 100 Å². The Morgan fingerprint density at radius 2 is 1.24 bits per heavy atom. The zero-order valence-electron chi connectivity index (χ0n) is 17.8. The highest BCUT2D eigenvalue weighted by Gasteiger charge is 2.17. The lowest BCUT2D eigenvalue weighted by Gasteiger charge is -2.14. The molecular formula is C30H20BrNO. The number of fused-ring (bicyclic) bond motifs is 3. The van der Waals surface area contributed by atoms with Crippen molar-refractivity contribution in [3.63, 3.8) is 0 Å². The average Bonchev–Trinajstić information content (AvgIpc) is 3.23. The Morgan fingerprint density at radius 3 is 2.06 bits per heavy atom. The summed E-state index contributed by atoms with van der Waals surface area (Å²) in [6.45, 7) is 0. The van der Waals surface area contributed by atoms with Crippen molar-refractivity contribution in [2.75, 3.05) is 5.32 Å². The van der Waals surface area contributed by atoms with Crippen molar-refractivity contribution >= 4 is 49.2 Å². The van der Waals surface area contributed by atoms with Crippen LogP contribution in [0.15, 0.2) is 124 Å². The predicted molar refractivity (Wildman–Crippen MR) is 142 cm³/mol. The Balaban J connectivity index is 1.61. The summed E-state index contributed by atoms with van der Waals surface area (Å²) in [7, 11) is 0. The molecule has 0 saturated heterocycles. The van der Waals surface area contributed by atoms with Gasteiger partial charge in [-0.25, -0.2) is 0 Å². The van der Waals surface area contributed by atoms with Gasteiger partial charge in [-0.3, -0.25) is 0 Å². The van der Waals surface area contributed by atoms with Crippen LogP contribution in [0.1, 0.15) is 0 Å². The fraction of sp³-hybridized carbons (Fsp3) is 0. The van der Waals surface area contributed by atoms with Crippen LogP contribution in [0.25, 0.3) is 44.2 Å². The maximum Gasteiger partial charge on any atom is 0.138 e. The van der Waals surface area contributed by atoms with E-state index in [1.165, 1.54) is 5.56 Å². The number of para-hydroxylation sites is 2. The summed E-state index contributed by atoms with van der Waals surface area (Å²) >= 11 is 3.93. The van der Waals surface area contributed by atoms with Gasteiger partial charge < -0.3 is 9.73 Å². The van der Waals surface area contributed by atoms with Crippen LogP contribution >= 0.6 is 15.9 Å². The summed E-state index contributed by atoms with van der Waals surface area (Å²) in [6.07, 6.45) is 0. The van der Waals surface area contributed by atoms with Gasteiger partial charge in [0.25, 0.3) is 0 Å². The van der Waals surface area contributed by atoms with E-state index in [1.807, 2.05) is 36.4 Å². The molecule has 1 aromatic heterocycles. The third-order valence-electron chi connectivity index (χ3n) is 5.91. The molecule has 0 aliphatic heterocycles. The van der Waals surface area contributed by atoms with Gasteiger partial charge in [-0.15, -0.1) is 0 Å². The molecule has 0 atom stereocenters. The van der Waals surface area contributed by atoms with E-state index in [-0.39, 0.29) is 0 Å². The second kappa shape index (κ2) is 8.27. The van der Waals surface area contributed by atoms with Crippen LogP contribution in [0.2, 0.25) is 0 Å². The molecule has 0 saturated carbocycles. The summed E-state index contributed by atoms with van der Waals surface area (Å²) in [4.78, 5) is 0. The molecule has 0 aliphatic rings. The van der Waals surface area contributed by atoms with Gasteiger partial charge in [-0.05, 0) is 62.4 Å². The molecule has 5 aromatic carbocycles. The number of nitrogens with one attached hydrogen (secondary N) is 1. The predicted octanol–water partition coefficient (Wildman–Crippen LogP) is 9.43. The highest BCUT2D eigenvalue weighted by Crippen LogP contribution is 2.44. The minimum atomic E-state index is 0.865. The van der Waals surface area contributed by atoms with Crippen LogP contribution in [-0.2, 0) is 0 Å². The van der Waals surface area contributed by atoms with Crippen molar-refractivity contribution in [2.24, 2.45) is 0 Å². The molecule has 0 amide bonds. The van der Waals surface area contributed by atoms with Crippen molar-refractivity contribution < 1.29 is 4.42 Å². The highest BCUT2D eigenvalue weighted by atomic mass is 79.9. The Hall–Kier alpha value is -3.82. The second-order valence-electron chi connectivity index (χ2n) is 8.02. The van der Waals surface area contributed by atoms with Crippen LogP contribution in [0, 0.1) is 0 Å². The maximum absolute atomic E-state index is 6.29. The first-order valence-corrected chi connectivity index (χ1v) is 11.7. The number of hydrogen-bond donors (Lipinski definition) is 1. The summed E-state index contributed by atoms with van der Waals surface area (Å²) in [5.41, 5.74) is 8.37. The lowest BCUT2D eigenvalue weighted by molar-refractivity contribution is 0.669. The lowest BCUT2D eigenvalue weighted by Crippen LogP contribution is -1.92. The van der Waals surface area contributed by atoms with E-state index in [1.54, 1.807) is 0 Å². The smallest absolute Gasteiger partial charge is 0.138 e. The van der Waals surface area contributed by atoms with E-state index in [4.69, 9.17) is 4.42 Å². The summed E-state index contributed by atoms with van der Waals surface area (Å²) in [6, 6.07) is 39.6. The lowest BCUT2D eigenvalue weighted by atomic mass is 9.95. The third kappa shape index (κ3) is 3.61. The van der Waals surface area contributed by atoms with Crippen molar-refractivity contribution in [1.29, 1.82) is 0 Å². The Morgan fingerprint density at radius 1 is 0.545 bits per heavy atom. The first-order chi connectivity index (χ1) is 16.3. The molecule has 0 aliphatic carbocycles. The molecule has 0 radical (unpaired) electrons. The van der Waals surface area contributed by atoms with Gasteiger partial charge in [0.1, 0.15) is 11.2 Å². The summed E-state index contributed by atoms with van der Waals surface area (Å²) < 4.78 is 7.36. The first kappa shape index (κ1) is 19.8. The molecule has 33 heavy (non-hydrogen) atoms.